The first-order chi connectivity index (χ1) is 8.58. The number of hydrogen-bond donors (Lipinski definition) is 2. The summed E-state index contributed by atoms with van der Waals surface area (Å²) in [5.74, 6) is 0.00776. The zero-order valence-electron chi connectivity index (χ0n) is 10.3. The second-order valence-electron chi connectivity index (χ2n) is 4.52. The van der Waals surface area contributed by atoms with Gasteiger partial charge in [0.2, 0.25) is 5.91 Å². The fourth-order valence-corrected chi connectivity index (χ4v) is 2.79. The topological polar surface area (TPSA) is 75.4 Å². The molecular weight excluding hydrogens is 250 g/mol. The summed E-state index contributed by atoms with van der Waals surface area (Å²) in [6.07, 6.45) is 1.54. The first-order valence-corrected chi connectivity index (χ1v) is 6.87. The van der Waals surface area contributed by atoms with Crippen LogP contribution in [-0.4, -0.2) is 35.8 Å². The number of nitrogens with one attached hydrogen (secondary N) is 1. The van der Waals surface area contributed by atoms with Crippen LogP contribution in [0.5, 0.6) is 0 Å². The van der Waals surface area contributed by atoms with E-state index in [1.165, 1.54) is 11.3 Å². The van der Waals surface area contributed by atoms with Crippen LogP contribution in [0.4, 0.5) is 5.69 Å². The lowest BCUT2D eigenvalue weighted by Gasteiger charge is -2.21. The van der Waals surface area contributed by atoms with Crippen LogP contribution in [0.1, 0.15) is 29.4 Å². The maximum absolute atomic E-state index is 11.9. The van der Waals surface area contributed by atoms with Crippen LogP contribution >= 0.6 is 11.3 Å². The number of anilines is 1. The molecule has 0 spiro atoms. The molecule has 2 amide bonds. The van der Waals surface area contributed by atoms with Crippen molar-refractivity contribution >= 4 is 28.8 Å². The molecule has 1 saturated heterocycles. The third kappa shape index (κ3) is 2.81. The Bertz CT molecular complexity index is 458. The van der Waals surface area contributed by atoms with Crippen LogP contribution in [0.15, 0.2) is 11.4 Å². The molecular formula is C12H17N3O2S. The summed E-state index contributed by atoms with van der Waals surface area (Å²) >= 11 is 1.33. The first-order valence-electron chi connectivity index (χ1n) is 5.99. The molecule has 1 atom stereocenters. The fourth-order valence-electron chi connectivity index (χ4n) is 2.07. The van der Waals surface area contributed by atoms with Crippen molar-refractivity contribution in [2.75, 3.05) is 18.8 Å². The number of carbonyl (C=O) groups is 2. The number of thiophene rings is 1. The Morgan fingerprint density at radius 2 is 2.44 bits per heavy atom. The van der Waals surface area contributed by atoms with Crippen molar-refractivity contribution in [2.45, 2.75) is 25.8 Å². The highest BCUT2D eigenvalue weighted by molar-refractivity contribution is 7.12. The molecule has 1 aromatic heterocycles. The van der Waals surface area contributed by atoms with E-state index in [1.54, 1.807) is 16.3 Å². The van der Waals surface area contributed by atoms with Gasteiger partial charge in [0.25, 0.3) is 5.91 Å². The molecule has 0 bridgehead atoms. The number of amides is 2. The third-order valence-electron chi connectivity index (χ3n) is 2.95. The molecule has 98 valence electrons. The van der Waals surface area contributed by atoms with Gasteiger partial charge in [0.1, 0.15) is 4.88 Å². The van der Waals surface area contributed by atoms with Crippen LogP contribution in [0.3, 0.4) is 0 Å². The summed E-state index contributed by atoms with van der Waals surface area (Å²) in [6, 6.07) is 1.65. The number of nitrogens with two attached hydrogens (primary N) is 1. The summed E-state index contributed by atoms with van der Waals surface area (Å²) in [4.78, 5) is 25.7. The zero-order valence-corrected chi connectivity index (χ0v) is 11.1. The predicted octanol–water partition coefficient (Wildman–Crippen LogP) is 1.07. The summed E-state index contributed by atoms with van der Waals surface area (Å²) in [7, 11) is 0. The van der Waals surface area contributed by atoms with Gasteiger partial charge in [0.15, 0.2) is 0 Å². The molecule has 1 aromatic rings. The van der Waals surface area contributed by atoms with E-state index in [4.69, 9.17) is 5.73 Å². The Morgan fingerprint density at radius 3 is 3.00 bits per heavy atom. The lowest BCUT2D eigenvalue weighted by Crippen LogP contribution is -2.42. The molecule has 0 aromatic carbocycles. The first kappa shape index (κ1) is 12.9. The van der Waals surface area contributed by atoms with Crippen molar-refractivity contribution < 1.29 is 9.59 Å². The highest BCUT2D eigenvalue weighted by atomic mass is 32.1. The standard InChI is InChI=1S/C12H17N3O2S/c1-8(7-15-5-2-3-10(15)16)14-12(17)11-9(13)4-6-18-11/h4,6,8H,2-3,5,7,13H2,1H3,(H,14,17). The van der Waals surface area contributed by atoms with Crippen molar-refractivity contribution in [1.82, 2.24) is 10.2 Å². The van der Waals surface area contributed by atoms with Crippen molar-refractivity contribution in [3.05, 3.63) is 16.3 Å². The molecule has 0 aliphatic carbocycles. The lowest BCUT2D eigenvalue weighted by atomic mass is 10.3. The van der Waals surface area contributed by atoms with E-state index in [-0.39, 0.29) is 17.9 Å². The fraction of sp³-hybridized carbons (Fsp3) is 0.500. The second-order valence-corrected chi connectivity index (χ2v) is 5.44. The second kappa shape index (κ2) is 5.39. The highest BCUT2D eigenvalue weighted by Gasteiger charge is 2.23. The van der Waals surface area contributed by atoms with Crippen molar-refractivity contribution in [2.24, 2.45) is 0 Å². The minimum Gasteiger partial charge on any atom is -0.397 e. The smallest absolute Gasteiger partial charge is 0.263 e. The molecule has 0 saturated carbocycles. The molecule has 1 aliphatic heterocycles. The van der Waals surface area contributed by atoms with Crippen LogP contribution in [-0.2, 0) is 4.79 Å². The molecule has 2 heterocycles. The maximum atomic E-state index is 11.9. The van der Waals surface area contributed by atoms with E-state index < -0.39 is 0 Å². The largest absolute Gasteiger partial charge is 0.397 e. The number of hydrogen-bond acceptors (Lipinski definition) is 4. The van der Waals surface area contributed by atoms with Crippen molar-refractivity contribution in [1.29, 1.82) is 0 Å². The van der Waals surface area contributed by atoms with Gasteiger partial charge in [-0.25, -0.2) is 0 Å². The van der Waals surface area contributed by atoms with Crippen LogP contribution < -0.4 is 11.1 Å². The van der Waals surface area contributed by atoms with Crippen molar-refractivity contribution in [3.63, 3.8) is 0 Å². The van der Waals surface area contributed by atoms with Gasteiger partial charge in [-0.1, -0.05) is 0 Å². The number of likely N-dealkylation sites (tertiary alicyclic amines) is 1. The van der Waals surface area contributed by atoms with E-state index >= 15 is 0 Å². The predicted molar refractivity (Wildman–Crippen MR) is 71.5 cm³/mol. The Labute approximate surface area is 110 Å². The maximum Gasteiger partial charge on any atom is 0.263 e. The number of carbonyl (C=O) groups excluding carboxylic acids is 2. The lowest BCUT2D eigenvalue weighted by molar-refractivity contribution is -0.127. The average Bonchev–Trinajstić information content (AvgIpc) is 2.88. The van der Waals surface area contributed by atoms with Gasteiger partial charge in [-0.05, 0) is 24.8 Å². The van der Waals surface area contributed by atoms with Gasteiger partial charge < -0.3 is 16.0 Å². The molecule has 5 nitrogen and oxygen atoms in total. The number of nitrogens with zero attached hydrogens (tertiary/aromatic N) is 1. The van der Waals surface area contributed by atoms with Gasteiger partial charge in [-0.15, -0.1) is 11.3 Å². The van der Waals surface area contributed by atoms with Gasteiger partial charge in [0.05, 0.1) is 5.69 Å². The SMILES string of the molecule is CC(CN1CCCC1=O)NC(=O)c1sccc1N. The van der Waals surface area contributed by atoms with Crippen LogP contribution in [0, 0.1) is 0 Å². The quantitative estimate of drug-likeness (QED) is 0.857. The van der Waals surface area contributed by atoms with Gasteiger partial charge in [-0.2, -0.15) is 0 Å². The minimum atomic E-state index is -0.165. The van der Waals surface area contributed by atoms with E-state index in [0.717, 1.165) is 13.0 Å². The normalized spacial score (nSPS) is 16.9. The van der Waals surface area contributed by atoms with Gasteiger partial charge >= 0.3 is 0 Å². The van der Waals surface area contributed by atoms with Crippen LogP contribution in [0.25, 0.3) is 0 Å². The van der Waals surface area contributed by atoms with Gasteiger partial charge in [-0.3, -0.25) is 9.59 Å². The van der Waals surface area contributed by atoms with E-state index in [1.807, 2.05) is 6.92 Å². The highest BCUT2D eigenvalue weighted by Crippen LogP contribution is 2.18. The summed E-state index contributed by atoms with van der Waals surface area (Å²) < 4.78 is 0. The molecule has 2 rings (SSSR count). The van der Waals surface area contributed by atoms with E-state index in [2.05, 4.69) is 5.32 Å². The summed E-state index contributed by atoms with van der Waals surface area (Å²) in [6.45, 7) is 3.25. The van der Waals surface area contributed by atoms with E-state index in [9.17, 15) is 9.59 Å². The molecule has 1 aliphatic rings. The molecule has 3 N–H and O–H groups in total. The summed E-state index contributed by atoms with van der Waals surface area (Å²) in [5.41, 5.74) is 6.19. The third-order valence-corrected chi connectivity index (χ3v) is 3.87. The Hall–Kier alpha value is -1.56. The Morgan fingerprint density at radius 1 is 1.67 bits per heavy atom. The van der Waals surface area contributed by atoms with Crippen molar-refractivity contribution in [3.8, 4) is 0 Å². The van der Waals surface area contributed by atoms with Crippen LogP contribution in [0.2, 0.25) is 0 Å². The molecule has 0 radical (unpaired) electrons. The minimum absolute atomic E-state index is 0.0685. The Balaban J connectivity index is 1.88. The zero-order chi connectivity index (χ0) is 13.1. The monoisotopic (exact) mass is 267 g/mol. The average molecular weight is 267 g/mol. The van der Waals surface area contributed by atoms with E-state index in [0.29, 0.717) is 23.5 Å². The molecule has 1 unspecified atom stereocenters. The van der Waals surface area contributed by atoms with Gasteiger partial charge in [0, 0.05) is 25.6 Å². The number of nitrogen functional groups attached to an aromatic ring is 1. The molecule has 1 fully saturated rings. The molecule has 6 heteroatoms. The molecule has 18 heavy (non-hydrogen) atoms. The summed E-state index contributed by atoms with van der Waals surface area (Å²) in [5, 5.41) is 4.66. The Kier molecular flexibility index (Phi) is 3.86. The number of rotatable bonds is 4.